The normalized spacial score (nSPS) is 11.0. The van der Waals surface area contributed by atoms with Gasteiger partial charge in [-0.15, -0.1) is 0 Å². The lowest BCUT2D eigenvalue weighted by Gasteiger charge is -2.20. The van der Waals surface area contributed by atoms with E-state index in [-0.39, 0.29) is 0 Å². The highest BCUT2D eigenvalue weighted by Gasteiger charge is 2.06. The summed E-state index contributed by atoms with van der Waals surface area (Å²) in [5.74, 6) is 0.971. The van der Waals surface area contributed by atoms with Crippen molar-refractivity contribution in [3.05, 3.63) is 24.0 Å². The van der Waals surface area contributed by atoms with E-state index in [1.54, 1.807) is 0 Å². The van der Waals surface area contributed by atoms with Crippen LogP contribution in [0.3, 0.4) is 0 Å². The molecule has 0 radical (unpaired) electrons. The van der Waals surface area contributed by atoms with Crippen LogP contribution in [0.5, 0.6) is 0 Å². The number of anilines is 1. The molecule has 0 saturated heterocycles. The van der Waals surface area contributed by atoms with Gasteiger partial charge < -0.3 is 15.6 Å². The van der Waals surface area contributed by atoms with Crippen molar-refractivity contribution in [3.63, 3.8) is 0 Å². The number of nitrogens with two attached hydrogens (primary N) is 1. The number of H-pyrrole nitrogens is 1. The van der Waals surface area contributed by atoms with Crippen LogP contribution in [0, 0.1) is 0 Å². The fraction of sp³-hybridized carbons (Fsp3) is 0.462. The number of rotatable bonds is 5. The maximum absolute atomic E-state index is 5.54. The molecule has 1 aromatic carbocycles. The Hall–Kier alpha value is -1.55. The second-order valence-corrected chi connectivity index (χ2v) is 4.10. The molecule has 3 N–H and O–H groups in total. The zero-order valence-electron chi connectivity index (χ0n) is 10.5. The van der Waals surface area contributed by atoms with Crippen molar-refractivity contribution in [1.82, 2.24) is 9.97 Å². The Morgan fingerprint density at radius 1 is 1.29 bits per heavy atom. The summed E-state index contributed by atoms with van der Waals surface area (Å²) >= 11 is 0. The molecule has 2 rings (SSSR count). The number of nitrogens with one attached hydrogen (secondary N) is 1. The van der Waals surface area contributed by atoms with Gasteiger partial charge in [-0.1, -0.05) is 0 Å². The van der Waals surface area contributed by atoms with Crippen molar-refractivity contribution in [2.24, 2.45) is 5.73 Å². The van der Waals surface area contributed by atoms with E-state index in [4.69, 9.17) is 5.73 Å². The van der Waals surface area contributed by atoms with Crippen LogP contribution in [-0.2, 0) is 6.42 Å². The van der Waals surface area contributed by atoms with Gasteiger partial charge in [-0.25, -0.2) is 4.98 Å². The molecule has 92 valence electrons. The Morgan fingerprint density at radius 2 is 2.06 bits per heavy atom. The van der Waals surface area contributed by atoms with Gasteiger partial charge in [0.25, 0.3) is 0 Å². The van der Waals surface area contributed by atoms with Gasteiger partial charge >= 0.3 is 0 Å². The van der Waals surface area contributed by atoms with Crippen LogP contribution in [0.25, 0.3) is 11.0 Å². The van der Waals surface area contributed by atoms with Gasteiger partial charge in [0.1, 0.15) is 5.82 Å². The molecule has 0 atom stereocenters. The first-order valence-corrected chi connectivity index (χ1v) is 6.22. The molecule has 4 heteroatoms. The standard InChI is InChI=1S/C13H20N4/c1-3-17(4-2)10-5-6-11-12(9-10)16-13(15-11)7-8-14/h5-6,9H,3-4,7-8,14H2,1-2H3,(H,15,16). The summed E-state index contributed by atoms with van der Waals surface area (Å²) in [5.41, 5.74) is 8.89. The number of aromatic nitrogens is 2. The molecule has 1 heterocycles. The molecule has 0 bridgehead atoms. The minimum Gasteiger partial charge on any atom is -0.372 e. The number of aromatic amines is 1. The molecule has 2 aromatic rings. The van der Waals surface area contributed by atoms with Crippen molar-refractivity contribution >= 4 is 16.7 Å². The van der Waals surface area contributed by atoms with Crippen LogP contribution in [0.15, 0.2) is 18.2 Å². The first kappa shape index (κ1) is 11.9. The Morgan fingerprint density at radius 3 is 2.71 bits per heavy atom. The third-order valence-electron chi connectivity index (χ3n) is 3.02. The molecular formula is C13H20N4. The smallest absolute Gasteiger partial charge is 0.108 e. The predicted molar refractivity (Wildman–Crippen MR) is 72.4 cm³/mol. The Kier molecular flexibility index (Phi) is 3.64. The molecule has 0 aliphatic rings. The molecule has 0 spiro atoms. The number of fused-ring (bicyclic) bond motifs is 1. The van der Waals surface area contributed by atoms with Crippen molar-refractivity contribution in [3.8, 4) is 0 Å². The monoisotopic (exact) mass is 232 g/mol. The lowest BCUT2D eigenvalue weighted by Crippen LogP contribution is -2.21. The number of imidazole rings is 1. The summed E-state index contributed by atoms with van der Waals surface area (Å²) in [6, 6.07) is 6.36. The molecule has 0 unspecified atom stereocenters. The maximum atomic E-state index is 5.54. The van der Waals surface area contributed by atoms with Crippen molar-refractivity contribution in [2.75, 3.05) is 24.5 Å². The summed E-state index contributed by atoms with van der Waals surface area (Å²) < 4.78 is 0. The lowest BCUT2D eigenvalue weighted by atomic mass is 10.2. The molecule has 1 aromatic heterocycles. The zero-order chi connectivity index (χ0) is 12.3. The minimum absolute atomic E-state index is 0.628. The molecule has 4 nitrogen and oxygen atoms in total. The number of hydrogen-bond acceptors (Lipinski definition) is 3. The number of benzene rings is 1. The maximum Gasteiger partial charge on any atom is 0.108 e. The van der Waals surface area contributed by atoms with Crippen LogP contribution in [0.4, 0.5) is 5.69 Å². The van der Waals surface area contributed by atoms with Crippen molar-refractivity contribution in [1.29, 1.82) is 0 Å². The molecule has 0 aliphatic carbocycles. The highest BCUT2D eigenvalue weighted by molar-refractivity contribution is 5.79. The zero-order valence-corrected chi connectivity index (χ0v) is 10.5. The first-order valence-electron chi connectivity index (χ1n) is 6.22. The first-order chi connectivity index (χ1) is 8.28. The van der Waals surface area contributed by atoms with E-state index < -0.39 is 0 Å². The summed E-state index contributed by atoms with van der Waals surface area (Å²) in [7, 11) is 0. The Bertz CT molecular complexity index is 485. The fourth-order valence-electron chi connectivity index (χ4n) is 2.09. The molecule has 0 fully saturated rings. The average molecular weight is 232 g/mol. The van der Waals surface area contributed by atoms with Crippen LogP contribution in [-0.4, -0.2) is 29.6 Å². The van der Waals surface area contributed by atoms with E-state index in [0.29, 0.717) is 6.54 Å². The SMILES string of the molecule is CCN(CC)c1ccc2nc(CCN)[nH]c2c1. The molecule has 0 saturated carbocycles. The van der Waals surface area contributed by atoms with Crippen molar-refractivity contribution in [2.45, 2.75) is 20.3 Å². The van der Waals surface area contributed by atoms with E-state index in [2.05, 4.69) is 46.9 Å². The molecule has 0 amide bonds. The summed E-state index contributed by atoms with van der Waals surface area (Å²) in [6.07, 6.45) is 0.801. The van der Waals surface area contributed by atoms with Crippen LogP contribution >= 0.6 is 0 Å². The highest BCUT2D eigenvalue weighted by Crippen LogP contribution is 2.20. The fourth-order valence-corrected chi connectivity index (χ4v) is 2.09. The van der Waals surface area contributed by atoms with E-state index >= 15 is 0 Å². The van der Waals surface area contributed by atoms with Gasteiger partial charge in [0.15, 0.2) is 0 Å². The van der Waals surface area contributed by atoms with Crippen molar-refractivity contribution < 1.29 is 0 Å². The third kappa shape index (κ3) is 2.42. The van der Waals surface area contributed by atoms with Gasteiger partial charge in [-0.05, 0) is 38.6 Å². The van der Waals surface area contributed by atoms with Gasteiger partial charge in [-0.3, -0.25) is 0 Å². The minimum atomic E-state index is 0.628. The molecular weight excluding hydrogens is 212 g/mol. The van der Waals surface area contributed by atoms with Crippen LogP contribution in [0.2, 0.25) is 0 Å². The Labute approximate surface area is 102 Å². The van der Waals surface area contributed by atoms with E-state index in [9.17, 15) is 0 Å². The Balaban J connectivity index is 2.35. The highest BCUT2D eigenvalue weighted by atomic mass is 15.1. The second kappa shape index (κ2) is 5.19. The van der Waals surface area contributed by atoms with Gasteiger partial charge in [0, 0.05) is 25.2 Å². The topological polar surface area (TPSA) is 57.9 Å². The largest absolute Gasteiger partial charge is 0.372 e. The summed E-state index contributed by atoms with van der Waals surface area (Å²) in [4.78, 5) is 10.1. The molecule has 17 heavy (non-hydrogen) atoms. The predicted octanol–water partition coefficient (Wildman–Crippen LogP) is 1.91. The van der Waals surface area contributed by atoms with Gasteiger partial charge in [0.05, 0.1) is 11.0 Å². The lowest BCUT2D eigenvalue weighted by molar-refractivity contribution is 0.867. The quantitative estimate of drug-likeness (QED) is 0.828. The van der Waals surface area contributed by atoms with Gasteiger partial charge in [-0.2, -0.15) is 0 Å². The van der Waals surface area contributed by atoms with Gasteiger partial charge in [0.2, 0.25) is 0 Å². The molecule has 0 aliphatic heterocycles. The van der Waals surface area contributed by atoms with E-state index in [0.717, 1.165) is 36.4 Å². The average Bonchev–Trinajstić information content (AvgIpc) is 2.73. The third-order valence-corrected chi connectivity index (χ3v) is 3.02. The number of hydrogen-bond donors (Lipinski definition) is 2. The van der Waals surface area contributed by atoms with Crippen LogP contribution in [0.1, 0.15) is 19.7 Å². The van der Waals surface area contributed by atoms with E-state index in [1.165, 1.54) is 5.69 Å². The summed E-state index contributed by atoms with van der Waals surface area (Å²) in [5, 5.41) is 0. The number of nitrogens with zero attached hydrogens (tertiary/aromatic N) is 2. The van der Waals surface area contributed by atoms with E-state index in [1.807, 2.05) is 0 Å². The second-order valence-electron chi connectivity index (χ2n) is 4.10. The van der Waals surface area contributed by atoms with Crippen LogP contribution < -0.4 is 10.6 Å². The summed E-state index contributed by atoms with van der Waals surface area (Å²) in [6.45, 7) is 7.00.